The molecule has 0 aliphatic rings. The summed E-state index contributed by atoms with van der Waals surface area (Å²) in [5, 5.41) is 0. The van der Waals surface area contributed by atoms with E-state index in [1.165, 1.54) is 22.6 Å². The summed E-state index contributed by atoms with van der Waals surface area (Å²) in [5.41, 5.74) is 3.32. The number of sulfonamides is 2. The minimum Gasteiger partial charge on any atom is -0.265 e. The van der Waals surface area contributed by atoms with Crippen LogP contribution < -0.4 is 4.72 Å². The minimum absolute atomic E-state index is 0.114. The van der Waals surface area contributed by atoms with Gasteiger partial charge >= 0.3 is 0 Å². The van der Waals surface area contributed by atoms with Gasteiger partial charge in [-0.05, 0) is 55.3 Å². The summed E-state index contributed by atoms with van der Waals surface area (Å²) in [6.07, 6.45) is 3.21. The molecular weight excluding hydrogens is 516 g/mol. The van der Waals surface area contributed by atoms with Gasteiger partial charge in [-0.15, -0.1) is 0 Å². The van der Waals surface area contributed by atoms with Gasteiger partial charge in [0.2, 0.25) is 10.0 Å². The van der Waals surface area contributed by atoms with E-state index in [9.17, 15) is 16.8 Å². The normalized spacial score (nSPS) is 12.9. The lowest BCUT2D eigenvalue weighted by molar-refractivity contribution is 0.404. The van der Waals surface area contributed by atoms with E-state index in [0.717, 1.165) is 16.7 Å². The molecule has 196 valence electrons. The Bertz CT molecular complexity index is 1580. The molecule has 1 N–H and O–H groups in total. The van der Waals surface area contributed by atoms with Gasteiger partial charge in [-0.2, -0.15) is 0 Å². The number of aryl methyl sites for hydroxylation is 2. The zero-order valence-corrected chi connectivity index (χ0v) is 22.9. The number of rotatable bonds is 10. The third-order valence-corrected chi connectivity index (χ3v) is 9.34. The molecular formula is C30H30N2O4S2. The molecule has 0 aromatic heterocycles. The standard InChI is InChI=1S/C30H30N2O4S2/c1-24-13-17-28(18-14-24)37(33,34)31-23-30(27-11-7-4-8-12-27)32(22-21-26-9-5-3-6-10-26)38(35,36)29-19-15-25(2)16-20-29/h3-22,30-31H,23H2,1-2H3/b22-21+. The molecule has 0 bridgehead atoms. The van der Waals surface area contributed by atoms with E-state index >= 15 is 0 Å². The van der Waals surface area contributed by atoms with Crippen LogP contribution in [0.2, 0.25) is 0 Å². The van der Waals surface area contributed by atoms with Crippen molar-refractivity contribution in [1.82, 2.24) is 9.03 Å². The fourth-order valence-electron chi connectivity index (χ4n) is 3.93. The molecule has 1 atom stereocenters. The molecule has 0 saturated heterocycles. The third kappa shape index (κ3) is 6.58. The maximum absolute atomic E-state index is 14.0. The topological polar surface area (TPSA) is 83.6 Å². The van der Waals surface area contributed by atoms with Crippen LogP contribution in [0.15, 0.2) is 125 Å². The molecule has 0 amide bonds. The number of nitrogens with one attached hydrogen (secondary N) is 1. The van der Waals surface area contributed by atoms with Gasteiger partial charge in [-0.1, -0.05) is 96.1 Å². The number of nitrogens with zero attached hydrogens (tertiary/aromatic N) is 1. The van der Waals surface area contributed by atoms with E-state index in [4.69, 9.17) is 0 Å². The molecule has 4 aromatic rings. The molecule has 0 spiro atoms. The maximum atomic E-state index is 14.0. The predicted octanol–water partition coefficient (Wildman–Crippen LogP) is 5.68. The van der Waals surface area contributed by atoms with E-state index < -0.39 is 26.1 Å². The first kappa shape index (κ1) is 27.3. The Morgan fingerprint density at radius 3 is 1.74 bits per heavy atom. The van der Waals surface area contributed by atoms with Crippen LogP contribution in [-0.2, 0) is 20.0 Å². The summed E-state index contributed by atoms with van der Waals surface area (Å²) in [5.74, 6) is 0. The van der Waals surface area contributed by atoms with Crippen molar-refractivity contribution in [2.45, 2.75) is 29.7 Å². The highest BCUT2D eigenvalue weighted by Gasteiger charge is 2.31. The first-order valence-corrected chi connectivity index (χ1v) is 15.0. The van der Waals surface area contributed by atoms with Crippen LogP contribution in [-0.4, -0.2) is 27.7 Å². The fourth-order valence-corrected chi connectivity index (χ4v) is 6.44. The van der Waals surface area contributed by atoms with Crippen LogP contribution in [0.4, 0.5) is 0 Å². The first-order chi connectivity index (χ1) is 18.2. The summed E-state index contributed by atoms with van der Waals surface area (Å²) in [6, 6.07) is 30.6. The van der Waals surface area contributed by atoms with Gasteiger partial charge in [0.25, 0.3) is 10.0 Å². The van der Waals surface area contributed by atoms with Crippen molar-refractivity contribution in [3.8, 4) is 0 Å². The van der Waals surface area contributed by atoms with Crippen molar-refractivity contribution in [3.05, 3.63) is 138 Å². The quantitative estimate of drug-likeness (QED) is 0.277. The van der Waals surface area contributed by atoms with Gasteiger partial charge in [0.15, 0.2) is 0 Å². The second kappa shape index (κ2) is 11.8. The summed E-state index contributed by atoms with van der Waals surface area (Å²) >= 11 is 0. The second-order valence-electron chi connectivity index (χ2n) is 8.97. The van der Waals surface area contributed by atoms with Crippen LogP contribution in [0.1, 0.15) is 28.3 Å². The Kier molecular flexibility index (Phi) is 8.46. The Morgan fingerprint density at radius 2 is 1.18 bits per heavy atom. The molecule has 4 aromatic carbocycles. The molecule has 6 nitrogen and oxygen atoms in total. The highest BCUT2D eigenvalue weighted by Crippen LogP contribution is 2.29. The van der Waals surface area contributed by atoms with Crippen molar-refractivity contribution >= 4 is 26.1 Å². The minimum atomic E-state index is -4.06. The van der Waals surface area contributed by atoms with Crippen molar-refractivity contribution in [1.29, 1.82) is 0 Å². The van der Waals surface area contributed by atoms with E-state index in [2.05, 4.69) is 4.72 Å². The highest BCUT2D eigenvalue weighted by atomic mass is 32.2. The summed E-state index contributed by atoms with van der Waals surface area (Å²) in [6.45, 7) is 3.59. The molecule has 0 aliphatic heterocycles. The van der Waals surface area contributed by atoms with E-state index in [1.807, 2.05) is 50.2 Å². The summed E-state index contributed by atoms with van der Waals surface area (Å²) in [4.78, 5) is 0.228. The van der Waals surface area contributed by atoms with Gasteiger partial charge < -0.3 is 0 Å². The lowest BCUT2D eigenvalue weighted by Crippen LogP contribution is -2.38. The van der Waals surface area contributed by atoms with Crippen molar-refractivity contribution < 1.29 is 16.8 Å². The molecule has 4 rings (SSSR count). The zero-order chi connectivity index (χ0) is 27.2. The van der Waals surface area contributed by atoms with Crippen LogP contribution in [0.5, 0.6) is 0 Å². The summed E-state index contributed by atoms with van der Waals surface area (Å²) in [7, 11) is -7.95. The molecule has 38 heavy (non-hydrogen) atoms. The van der Waals surface area contributed by atoms with Crippen LogP contribution in [0.25, 0.3) is 6.08 Å². The largest absolute Gasteiger partial charge is 0.265 e. The smallest absolute Gasteiger partial charge is 0.264 e. The Balaban J connectivity index is 1.78. The van der Waals surface area contributed by atoms with E-state index in [-0.39, 0.29) is 16.3 Å². The monoisotopic (exact) mass is 546 g/mol. The van der Waals surface area contributed by atoms with E-state index in [1.54, 1.807) is 66.7 Å². The first-order valence-electron chi connectivity index (χ1n) is 12.1. The van der Waals surface area contributed by atoms with Crippen molar-refractivity contribution in [3.63, 3.8) is 0 Å². The Labute approximate surface area is 225 Å². The number of benzene rings is 4. The van der Waals surface area contributed by atoms with Crippen molar-refractivity contribution in [2.24, 2.45) is 0 Å². The highest BCUT2D eigenvalue weighted by molar-refractivity contribution is 7.89. The summed E-state index contributed by atoms with van der Waals surface area (Å²) < 4.78 is 58.2. The Hall–Kier alpha value is -3.72. The van der Waals surface area contributed by atoms with Gasteiger partial charge in [0.1, 0.15) is 0 Å². The molecule has 0 fully saturated rings. The molecule has 0 radical (unpaired) electrons. The molecule has 0 saturated carbocycles. The molecule has 1 unspecified atom stereocenters. The second-order valence-corrected chi connectivity index (χ2v) is 12.6. The lowest BCUT2D eigenvalue weighted by Gasteiger charge is -2.31. The van der Waals surface area contributed by atoms with Crippen LogP contribution in [0.3, 0.4) is 0 Å². The van der Waals surface area contributed by atoms with Gasteiger partial charge in [0, 0.05) is 12.7 Å². The molecule has 8 heteroatoms. The average molecular weight is 547 g/mol. The van der Waals surface area contributed by atoms with Crippen molar-refractivity contribution in [2.75, 3.05) is 6.54 Å². The van der Waals surface area contributed by atoms with Gasteiger partial charge in [0.05, 0.1) is 15.8 Å². The Morgan fingerprint density at radius 1 is 0.684 bits per heavy atom. The predicted molar refractivity (Wildman–Crippen MR) is 151 cm³/mol. The van der Waals surface area contributed by atoms with E-state index in [0.29, 0.717) is 5.56 Å². The third-order valence-electron chi connectivity index (χ3n) is 6.10. The lowest BCUT2D eigenvalue weighted by atomic mass is 10.1. The SMILES string of the molecule is Cc1ccc(S(=O)(=O)NCC(c2ccccc2)N(/C=C/c2ccccc2)S(=O)(=O)c2ccc(C)cc2)cc1. The van der Waals surface area contributed by atoms with Gasteiger partial charge in [-0.25, -0.2) is 21.6 Å². The number of hydrogen-bond acceptors (Lipinski definition) is 4. The van der Waals surface area contributed by atoms with Gasteiger partial charge in [-0.3, -0.25) is 4.31 Å². The molecule has 0 heterocycles. The maximum Gasteiger partial charge on any atom is 0.264 e. The van der Waals surface area contributed by atoms with Crippen LogP contribution in [0, 0.1) is 13.8 Å². The average Bonchev–Trinajstić information content (AvgIpc) is 2.92. The zero-order valence-electron chi connectivity index (χ0n) is 21.2. The molecule has 0 aliphatic carbocycles. The number of hydrogen-bond donors (Lipinski definition) is 1. The van der Waals surface area contributed by atoms with Crippen LogP contribution >= 0.6 is 0 Å². The fraction of sp³-hybridized carbons (Fsp3) is 0.133.